The van der Waals surface area contributed by atoms with Crippen LogP contribution in [-0.4, -0.2) is 68.3 Å². The second kappa shape index (κ2) is 10.5. The van der Waals surface area contributed by atoms with E-state index in [9.17, 15) is 4.79 Å². The van der Waals surface area contributed by atoms with Gasteiger partial charge in [-0.3, -0.25) is 9.69 Å². The predicted molar refractivity (Wildman–Crippen MR) is 109 cm³/mol. The average Bonchev–Trinajstić information content (AvgIpc) is 2.74. The van der Waals surface area contributed by atoms with Crippen molar-refractivity contribution in [2.24, 2.45) is 0 Å². The highest BCUT2D eigenvalue weighted by atomic mass is 16.5. The van der Waals surface area contributed by atoms with Crippen LogP contribution in [0.2, 0.25) is 0 Å². The van der Waals surface area contributed by atoms with Crippen LogP contribution in [0.4, 0.5) is 5.82 Å². The Balaban J connectivity index is 1.30. The number of rotatable bonds is 9. The van der Waals surface area contributed by atoms with Crippen LogP contribution in [0.1, 0.15) is 6.92 Å². The number of hydrogen-bond donors (Lipinski definition) is 1. The molecular formula is C21H28N4O3. The Bertz CT molecular complexity index is 716. The fraction of sp³-hybridized carbons (Fsp3) is 0.429. The number of aromatic nitrogens is 1. The van der Waals surface area contributed by atoms with E-state index in [0.29, 0.717) is 26.3 Å². The highest BCUT2D eigenvalue weighted by Crippen LogP contribution is 2.17. The molecule has 2 aromatic rings. The van der Waals surface area contributed by atoms with Crippen molar-refractivity contribution in [1.29, 1.82) is 0 Å². The SMILES string of the molecule is CCOc1ccc(OCCNC(=O)CN2CCN(c3ccccn3)CC2)cc1. The molecule has 28 heavy (non-hydrogen) atoms. The number of benzene rings is 1. The number of carbonyl (C=O) groups excluding carboxylic acids is 1. The fourth-order valence-corrected chi connectivity index (χ4v) is 3.09. The molecule has 2 heterocycles. The van der Waals surface area contributed by atoms with Gasteiger partial charge in [0.05, 0.1) is 19.7 Å². The third-order valence-electron chi connectivity index (χ3n) is 4.54. The van der Waals surface area contributed by atoms with Gasteiger partial charge in [-0.25, -0.2) is 4.98 Å². The first-order valence-electron chi connectivity index (χ1n) is 9.75. The van der Waals surface area contributed by atoms with Gasteiger partial charge in [-0.05, 0) is 43.3 Å². The molecule has 0 unspecified atom stereocenters. The first-order chi connectivity index (χ1) is 13.7. The van der Waals surface area contributed by atoms with E-state index in [-0.39, 0.29) is 5.91 Å². The molecule has 0 bridgehead atoms. The van der Waals surface area contributed by atoms with Crippen LogP contribution >= 0.6 is 0 Å². The largest absolute Gasteiger partial charge is 0.494 e. The quantitative estimate of drug-likeness (QED) is 0.665. The zero-order chi connectivity index (χ0) is 19.6. The second-order valence-electron chi connectivity index (χ2n) is 6.55. The Morgan fingerprint density at radius 2 is 1.75 bits per heavy atom. The normalized spacial score (nSPS) is 14.5. The molecule has 1 N–H and O–H groups in total. The number of nitrogens with zero attached hydrogens (tertiary/aromatic N) is 3. The summed E-state index contributed by atoms with van der Waals surface area (Å²) in [5.41, 5.74) is 0. The number of pyridine rings is 1. The molecule has 1 aliphatic rings. The van der Waals surface area contributed by atoms with E-state index in [0.717, 1.165) is 43.5 Å². The number of anilines is 1. The third-order valence-corrected chi connectivity index (χ3v) is 4.54. The molecule has 1 fully saturated rings. The fourth-order valence-electron chi connectivity index (χ4n) is 3.09. The van der Waals surface area contributed by atoms with E-state index in [4.69, 9.17) is 9.47 Å². The van der Waals surface area contributed by atoms with Crippen LogP contribution in [-0.2, 0) is 4.79 Å². The molecule has 0 radical (unpaired) electrons. The maximum Gasteiger partial charge on any atom is 0.234 e. The molecule has 7 heteroatoms. The summed E-state index contributed by atoms with van der Waals surface area (Å²) in [4.78, 5) is 20.9. The van der Waals surface area contributed by atoms with Crippen LogP contribution in [0.5, 0.6) is 11.5 Å². The lowest BCUT2D eigenvalue weighted by molar-refractivity contribution is -0.122. The summed E-state index contributed by atoms with van der Waals surface area (Å²) in [5, 5.41) is 2.92. The van der Waals surface area contributed by atoms with Crippen molar-refractivity contribution in [3.05, 3.63) is 48.7 Å². The topological polar surface area (TPSA) is 66.9 Å². The highest BCUT2D eigenvalue weighted by Gasteiger charge is 2.19. The number of carbonyl (C=O) groups is 1. The molecule has 0 saturated carbocycles. The van der Waals surface area contributed by atoms with Gasteiger partial charge in [-0.1, -0.05) is 6.07 Å². The van der Waals surface area contributed by atoms with E-state index in [1.54, 1.807) is 0 Å². The smallest absolute Gasteiger partial charge is 0.234 e. The Kier molecular flexibility index (Phi) is 7.49. The second-order valence-corrected chi connectivity index (χ2v) is 6.55. The maximum atomic E-state index is 12.1. The molecule has 3 rings (SSSR count). The minimum Gasteiger partial charge on any atom is -0.494 e. The van der Waals surface area contributed by atoms with Crippen molar-refractivity contribution < 1.29 is 14.3 Å². The molecule has 0 spiro atoms. The Morgan fingerprint density at radius 1 is 1.04 bits per heavy atom. The summed E-state index contributed by atoms with van der Waals surface area (Å²) in [6.07, 6.45) is 1.81. The number of piperazine rings is 1. The van der Waals surface area contributed by atoms with Gasteiger partial charge < -0.3 is 19.7 Å². The van der Waals surface area contributed by atoms with Crippen molar-refractivity contribution >= 4 is 11.7 Å². The van der Waals surface area contributed by atoms with Crippen LogP contribution in [0.25, 0.3) is 0 Å². The summed E-state index contributed by atoms with van der Waals surface area (Å²) in [7, 11) is 0. The zero-order valence-corrected chi connectivity index (χ0v) is 16.3. The number of amides is 1. The van der Waals surface area contributed by atoms with Gasteiger partial charge in [0, 0.05) is 32.4 Å². The lowest BCUT2D eigenvalue weighted by Gasteiger charge is -2.34. The van der Waals surface area contributed by atoms with Crippen molar-refractivity contribution in [3.8, 4) is 11.5 Å². The van der Waals surface area contributed by atoms with Gasteiger partial charge in [0.1, 0.15) is 23.9 Å². The van der Waals surface area contributed by atoms with E-state index in [1.807, 2.05) is 55.6 Å². The molecule has 150 valence electrons. The van der Waals surface area contributed by atoms with Gasteiger partial charge in [0.25, 0.3) is 0 Å². The monoisotopic (exact) mass is 384 g/mol. The molecular weight excluding hydrogens is 356 g/mol. The summed E-state index contributed by atoms with van der Waals surface area (Å²) >= 11 is 0. The summed E-state index contributed by atoms with van der Waals surface area (Å²) in [6.45, 7) is 7.40. The van der Waals surface area contributed by atoms with Crippen LogP contribution in [0.3, 0.4) is 0 Å². The Hall–Kier alpha value is -2.80. The van der Waals surface area contributed by atoms with Crippen LogP contribution < -0.4 is 19.7 Å². The van der Waals surface area contributed by atoms with Gasteiger partial charge in [-0.2, -0.15) is 0 Å². The number of ether oxygens (including phenoxy) is 2. The molecule has 1 amide bonds. The third kappa shape index (κ3) is 6.13. The molecule has 1 aromatic heterocycles. The lowest BCUT2D eigenvalue weighted by atomic mass is 10.3. The molecule has 1 saturated heterocycles. The summed E-state index contributed by atoms with van der Waals surface area (Å²) in [6, 6.07) is 13.4. The molecule has 1 aliphatic heterocycles. The van der Waals surface area contributed by atoms with E-state index < -0.39 is 0 Å². The van der Waals surface area contributed by atoms with Crippen molar-refractivity contribution in [3.63, 3.8) is 0 Å². The standard InChI is InChI=1S/C21H28N4O3/c1-2-27-18-6-8-19(9-7-18)28-16-11-23-21(26)17-24-12-14-25(15-13-24)20-5-3-4-10-22-20/h3-10H,2,11-17H2,1H3,(H,23,26). The van der Waals surface area contributed by atoms with Crippen molar-refractivity contribution in [2.75, 3.05) is 57.4 Å². The molecule has 7 nitrogen and oxygen atoms in total. The van der Waals surface area contributed by atoms with Gasteiger partial charge in [0.15, 0.2) is 0 Å². The molecule has 0 aliphatic carbocycles. The van der Waals surface area contributed by atoms with Gasteiger partial charge in [0.2, 0.25) is 5.91 Å². The minimum atomic E-state index is 0.0292. The van der Waals surface area contributed by atoms with Gasteiger partial charge in [-0.15, -0.1) is 0 Å². The van der Waals surface area contributed by atoms with E-state index in [2.05, 4.69) is 20.1 Å². The summed E-state index contributed by atoms with van der Waals surface area (Å²) < 4.78 is 11.0. The lowest BCUT2D eigenvalue weighted by Crippen LogP contribution is -2.50. The number of nitrogens with one attached hydrogen (secondary N) is 1. The minimum absolute atomic E-state index is 0.0292. The zero-order valence-electron chi connectivity index (χ0n) is 16.3. The first kappa shape index (κ1) is 19.9. The van der Waals surface area contributed by atoms with Crippen LogP contribution in [0, 0.1) is 0 Å². The molecule has 0 atom stereocenters. The first-order valence-corrected chi connectivity index (χ1v) is 9.75. The Morgan fingerprint density at radius 3 is 2.39 bits per heavy atom. The Labute approximate surface area is 166 Å². The average molecular weight is 384 g/mol. The highest BCUT2D eigenvalue weighted by molar-refractivity contribution is 5.78. The maximum absolute atomic E-state index is 12.1. The van der Waals surface area contributed by atoms with E-state index >= 15 is 0 Å². The predicted octanol–water partition coefficient (Wildman–Crippen LogP) is 1.80. The summed E-state index contributed by atoms with van der Waals surface area (Å²) in [5.74, 6) is 2.62. The van der Waals surface area contributed by atoms with Crippen molar-refractivity contribution in [1.82, 2.24) is 15.2 Å². The van der Waals surface area contributed by atoms with E-state index in [1.165, 1.54) is 0 Å². The number of hydrogen-bond acceptors (Lipinski definition) is 6. The van der Waals surface area contributed by atoms with Gasteiger partial charge >= 0.3 is 0 Å². The van der Waals surface area contributed by atoms with Crippen molar-refractivity contribution in [2.45, 2.75) is 6.92 Å². The van der Waals surface area contributed by atoms with Crippen LogP contribution in [0.15, 0.2) is 48.7 Å². The molecule has 1 aromatic carbocycles.